The van der Waals surface area contributed by atoms with Crippen LogP contribution in [0.25, 0.3) is 0 Å². The van der Waals surface area contributed by atoms with E-state index in [1.807, 2.05) is 0 Å². The normalized spacial score (nSPS) is 13.9. The molecule has 19 heteroatoms. The fourth-order valence-corrected chi connectivity index (χ4v) is 14.8. The first-order valence-electron chi connectivity index (χ1n) is 43.8. The summed E-state index contributed by atoms with van der Waals surface area (Å²) in [6, 6.07) is 0. The number of phosphoric acid groups is 2. The molecule has 0 radical (unpaired) electrons. The second-order valence-corrected chi connectivity index (χ2v) is 34.9. The van der Waals surface area contributed by atoms with E-state index in [4.69, 9.17) is 37.0 Å². The van der Waals surface area contributed by atoms with Crippen molar-refractivity contribution >= 4 is 39.5 Å². The zero-order valence-electron chi connectivity index (χ0n) is 68.5. The van der Waals surface area contributed by atoms with Gasteiger partial charge in [-0.15, -0.1) is 0 Å². The van der Waals surface area contributed by atoms with Crippen LogP contribution in [0.3, 0.4) is 0 Å². The van der Waals surface area contributed by atoms with E-state index in [-0.39, 0.29) is 25.7 Å². The van der Waals surface area contributed by atoms with Crippen LogP contribution in [-0.2, 0) is 65.4 Å². The number of hydrogen-bond donors (Lipinski definition) is 3. The van der Waals surface area contributed by atoms with Crippen LogP contribution in [0.4, 0.5) is 0 Å². The summed E-state index contributed by atoms with van der Waals surface area (Å²) in [5.41, 5.74) is 0. The fraction of sp³-hybridized carbons (Fsp3) is 0.953. The standard InChI is InChI=1S/C85H166O17P2/c1-8-9-10-11-12-13-14-15-16-17-21-26-31-38-45-52-59-66-82(87)95-72-80(101-84(89)68-61-54-47-39-32-27-22-19-18-20-24-29-35-42-49-56-63-76(2)3)74-99-103(91,92)97-70-79(86)71-98-104(93,94)100-75-81(73-96-83(88)67-60-53-46-41-34-37-44-51-58-65-78(6)7)102-85(90)69-62-55-48-40-33-28-23-25-30-36-43-50-57-64-77(4)5/h76-81,86H,8-75H2,1-7H3,(H,91,92)(H,93,94)/t79-,80-,81-/m1/s1. The van der Waals surface area contributed by atoms with E-state index in [1.54, 1.807) is 0 Å². The van der Waals surface area contributed by atoms with Crippen LogP contribution in [0.1, 0.15) is 447 Å². The van der Waals surface area contributed by atoms with Crippen molar-refractivity contribution in [3.63, 3.8) is 0 Å². The third-order valence-corrected chi connectivity index (χ3v) is 21.8. The lowest BCUT2D eigenvalue weighted by Crippen LogP contribution is -2.30. The van der Waals surface area contributed by atoms with Crippen LogP contribution in [0, 0.1) is 17.8 Å². The number of ether oxygens (including phenoxy) is 4. The molecule has 0 saturated carbocycles. The van der Waals surface area contributed by atoms with Gasteiger partial charge in [0.15, 0.2) is 12.2 Å². The van der Waals surface area contributed by atoms with Crippen LogP contribution >= 0.6 is 15.6 Å². The zero-order valence-corrected chi connectivity index (χ0v) is 70.3. The van der Waals surface area contributed by atoms with Gasteiger partial charge in [-0.05, 0) is 43.4 Å². The molecule has 0 aliphatic rings. The average Bonchev–Trinajstić information content (AvgIpc) is 0.939. The molecule has 0 fully saturated rings. The molecule has 0 aliphatic heterocycles. The Morgan fingerprint density at radius 1 is 0.260 bits per heavy atom. The molecule has 0 rings (SSSR count). The van der Waals surface area contributed by atoms with Gasteiger partial charge in [0, 0.05) is 25.7 Å². The van der Waals surface area contributed by atoms with Crippen molar-refractivity contribution < 1.29 is 80.2 Å². The van der Waals surface area contributed by atoms with E-state index in [0.717, 1.165) is 108 Å². The number of carbonyl (C=O) groups is 4. The molecule has 0 saturated heterocycles. The van der Waals surface area contributed by atoms with Crippen LogP contribution in [0.2, 0.25) is 0 Å². The lowest BCUT2D eigenvalue weighted by atomic mass is 10.0. The van der Waals surface area contributed by atoms with Crippen molar-refractivity contribution in [2.45, 2.75) is 465 Å². The van der Waals surface area contributed by atoms with Gasteiger partial charge in [0.2, 0.25) is 0 Å². The number of rotatable bonds is 83. The number of phosphoric ester groups is 2. The van der Waals surface area contributed by atoms with Crippen molar-refractivity contribution in [3.05, 3.63) is 0 Å². The van der Waals surface area contributed by atoms with Crippen molar-refractivity contribution in [1.29, 1.82) is 0 Å². The molecule has 0 aliphatic carbocycles. The van der Waals surface area contributed by atoms with Crippen LogP contribution in [-0.4, -0.2) is 96.7 Å². The summed E-state index contributed by atoms with van der Waals surface area (Å²) in [4.78, 5) is 73.2. The molecule has 0 heterocycles. The molecule has 0 amide bonds. The first-order chi connectivity index (χ1) is 50.2. The maximum Gasteiger partial charge on any atom is 0.472 e. The highest BCUT2D eigenvalue weighted by atomic mass is 31.2. The van der Waals surface area contributed by atoms with Crippen LogP contribution in [0.5, 0.6) is 0 Å². The molecule has 104 heavy (non-hydrogen) atoms. The van der Waals surface area contributed by atoms with Gasteiger partial charge in [-0.25, -0.2) is 9.13 Å². The number of aliphatic hydroxyl groups excluding tert-OH is 1. The summed E-state index contributed by atoms with van der Waals surface area (Å²) in [5.74, 6) is 0.235. The molecule has 0 aromatic rings. The highest BCUT2D eigenvalue weighted by Gasteiger charge is 2.30. The lowest BCUT2D eigenvalue weighted by molar-refractivity contribution is -0.161. The summed E-state index contributed by atoms with van der Waals surface area (Å²) in [6.07, 6.45) is 65.2. The van der Waals surface area contributed by atoms with Gasteiger partial charge in [-0.3, -0.25) is 37.3 Å². The van der Waals surface area contributed by atoms with E-state index < -0.39 is 97.5 Å². The molecule has 2 unspecified atom stereocenters. The summed E-state index contributed by atoms with van der Waals surface area (Å²) in [7, 11) is -9.93. The predicted octanol–water partition coefficient (Wildman–Crippen LogP) is 25.7. The van der Waals surface area contributed by atoms with Gasteiger partial charge in [-0.2, -0.15) is 0 Å². The molecule has 3 N–H and O–H groups in total. The zero-order chi connectivity index (χ0) is 76.5. The maximum absolute atomic E-state index is 13.1. The molecule has 5 atom stereocenters. The molecule has 0 aromatic heterocycles. The summed E-state index contributed by atoms with van der Waals surface area (Å²) >= 11 is 0. The SMILES string of the molecule is CCCCCCCCCCCCCCCCCCCC(=O)OC[C@H](COP(=O)(O)OC[C@@H](O)COP(=O)(O)OC[C@@H](COC(=O)CCCCCCCCCCCC(C)C)OC(=O)CCCCCCCCCCCCCCCC(C)C)OC(=O)CCCCCCCCCCCCCCCCCCC(C)C. The minimum absolute atomic E-state index is 0.107. The lowest BCUT2D eigenvalue weighted by Gasteiger charge is -2.21. The van der Waals surface area contributed by atoms with Gasteiger partial charge in [-0.1, -0.05) is 395 Å². The maximum atomic E-state index is 13.1. The topological polar surface area (TPSA) is 237 Å². The fourth-order valence-electron chi connectivity index (χ4n) is 13.2. The van der Waals surface area contributed by atoms with E-state index in [1.165, 1.54) is 257 Å². The Hall–Kier alpha value is -1.94. The quantitative estimate of drug-likeness (QED) is 0.0222. The van der Waals surface area contributed by atoms with Crippen molar-refractivity contribution in [3.8, 4) is 0 Å². The number of carbonyl (C=O) groups excluding carboxylic acids is 4. The van der Waals surface area contributed by atoms with Gasteiger partial charge < -0.3 is 33.8 Å². The second-order valence-electron chi connectivity index (χ2n) is 32.0. The van der Waals surface area contributed by atoms with Gasteiger partial charge in [0.25, 0.3) is 0 Å². The van der Waals surface area contributed by atoms with E-state index in [0.29, 0.717) is 25.7 Å². The summed E-state index contributed by atoms with van der Waals surface area (Å²) in [6.45, 7) is 12.0. The third-order valence-electron chi connectivity index (χ3n) is 19.9. The monoisotopic (exact) mass is 1520 g/mol. The highest BCUT2D eigenvalue weighted by Crippen LogP contribution is 2.45. The molecule has 17 nitrogen and oxygen atoms in total. The highest BCUT2D eigenvalue weighted by molar-refractivity contribution is 7.47. The van der Waals surface area contributed by atoms with Crippen LogP contribution < -0.4 is 0 Å². The number of aliphatic hydroxyl groups is 1. The number of esters is 4. The Balaban J connectivity index is 5.26. The molecule has 0 bridgehead atoms. The molecule has 0 aromatic carbocycles. The minimum Gasteiger partial charge on any atom is -0.462 e. The van der Waals surface area contributed by atoms with Crippen molar-refractivity contribution in [2.24, 2.45) is 17.8 Å². The van der Waals surface area contributed by atoms with Gasteiger partial charge in [0.1, 0.15) is 19.3 Å². The Morgan fingerprint density at radius 2 is 0.442 bits per heavy atom. The second kappa shape index (κ2) is 75.1. The Labute approximate surface area is 638 Å². The first-order valence-corrected chi connectivity index (χ1v) is 46.8. The molecular weight excluding hydrogens is 1350 g/mol. The Kier molecular flexibility index (Phi) is 73.7. The number of unbranched alkanes of at least 4 members (excludes halogenated alkanes) is 51. The Morgan fingerprint density at radius 3 is 0.654 bits per heavy atom. The van der Waals surface area contributed by atoms with Gasteiger partial charge >= 0.3 is 39.5 Å². The summed E-state index contributed by atoms with van der Waals surface area (Å²) in [5, 5.41) is 10.7. The molecule has 618 valence electrons. The number of hydrogen-bond acceptors (Lipinski definition) is 15. The van der Waals surface area contributed by atoms with E-state index in [2.05, 4.69) is 48.5 Å². The van der Waals surface area contributed by atoms with Gasteiger partial charge in [0.05, 0.1) is 26.4 Å². The summed E-state index contributed by atoms with van der Waals surface area (Å²) < 4.78 is 68.9. The van der Waals surface area contributed by atoms with Crippen molar-refractivity contribution in [1.82, 2.24) is 0 Å². The first kappa shape index (κ1) is 102. The third kappa shape index (κ3) is 78.2. The van der Waals surface area contributed by atoms with E-state index in [9.17, 15) is 43.2 Å². The largest absolute Gasteiger partial charge is 0.472 e. The molecule has 0 spiro atoms. The van der Waals surface area contributed by atoms with Crippen LogP contribution in [0.15, 0.2) is 0 Å². The predicted molar refractivity (Wildman–Crippen MR) is 428 cm³/mol. The Bertz CT molecular complexity index is 2010. The van der Waals surface area contributed by atoms with E-state index >= 15 is 0 Å². The average molecular weight is 1520 g/mol. The smallest absolute Gasteiger partial charge is 0.462 e. The minimum atomic E-state index is -4.97. The molecular formula is C85H166O17P2. The van der Waals surface area contributed by atoms with Crippen molar-refractivity contribution in [2.75, 3.05) is 39.6 Å².